The zero-order valence-corrected chi connectivity index (χ0v) is 20.0. The molecular formula is C21H28N4O5S2. The molecule has 0 saturated carbocycles. The minimum Gasteiger partial charge on any atom is -0.322 e. The first-order valence-corrected chi connectivity index (χ1v) is 13.1. The minimum atomic E-state index is -3.62. The van der Waals surface area contributed by atoms with Gasteiger partial charge in [-0.2, -0.15) is 17.0 Å². The number of hydrogen-bond acceptors (Lipinski definition) is 5. The fourth-order valence-electron chi connectivity index (χ4n) is 3.37. The fourth-order valence-corrected chi connectivity index (χ4v) is 5.76. The molecule has 1 saturated heterocycles. The molecule has 1 amide bonds. The molecule has 0 atom stereocenters. The molecule has 0 bridgehead atoms. The van der Waals surface area contributed by atoms with Crippen molar-refractivity contribution in [2.45, 2.75) is 24.2 Å². The van der Waals surface area contributed by atoms with Crippen LogP contribution in [0.15, 0.2) is 53.4 Å². The van der Waals surface area contributed by atoms with Gasteiger partial charge in [-0.3, -0.25) is 9.10 Å². The van der Waals surface area contributed by atoms with E-state index in [0.29, 0.717) is 30.0 Å². The van der Waals surface area contributed by atoms with Crippen molar-refractivity contribution >= 4 is 37.5 Å². The van der Waals surface area contributed by atoms with Crippen LogP contribution < -0.4 is 9.62 Å². The maximum atomic E-state index is 12.7. The fraction of sp³-hybridized carbons (Fsp3) is 0.381. The highest BCUT2D eigenvalue weighted by atomic mass is 32.2. The standard InChI is InChI=1S/C21H28N4O5S2/c1-23(2)32(29,30)24(3)19-11-7-17(8-12-19)21(26)22-18-9-13-20(14-10-18)31(27,28)25-15-5-4-6-16-25/h7-14H,4-6,15-16H2,1-3H3,(H,22,26). The van der Waals surface area contributed by atoms with Gasteiger partial charge in [0.05, 0.1) is 10.6 Å². The average Bonchev–Trinajstić information content (AvgIpc) is 2.79. The van der Waals surface area contributed by atoms with Crippen molar-refractivity contribution in [3.8, 4) is 0 Å². The second-order valence-electron chi connectivity index (χ2n) is 7.75. The molecule has 9 nitrogen and oxygen atoms in total. The van der Waals surface area contributed by atoms with Gasteiger partial charge in [-0.1, -0.05) is 6.42 Å². The summed E-state index contributed by atoms with van der Waals surface area (Å²) in [6.45, 7) is 1.06. The van der Waals surface area contributed by atoms with Crippen molar-refractivity contribution in [2.75, 3.05) is 43.9 Å². The molecule has 1 fully saturated rings. The molecule has 32 heavy (non-hydrogen) atoms. The summed E-state index contributed by atoms with van der Waals surface area (Å²) in [4.78, 5) is 12.8. The molecule has 11 heteroatoms. The van der Waals surface area contributed by atoms with E-state index in [9.17, 15) is 21.6 Å². The summed E-state index contributed by atoms with van der Waals surface area (Å²) in [5.41, 5.74) is 1.22. The second-order valence-corrected chi connectivity index (χ2v) is 11.9. The van der Waals surface area contributed by atoms with Gasteiger partial charge in [0.2, 0.25) is 10.0 Å². The Labute approximate surface area is 189 Å². The van der Waals surface area contributed by atoms with Crippen molar-refractivity contribution in [3.63, 3.8) is 0 Å². The summed E-state index contributed by atoms with van der Waals surface area (Å²) in [7, 11) is -2.83. The first-order chi connectivity index (χ1) is 15.0. The maximum Gasteiger partial charge on any atom is 0.303 e. The van der Waals surface area contributed by atoms with Gasteiger partial charge in [0.1, 0.15) is 0 Å². The van der Waals surface area contributed by atoms with E-state index in [4.69, 9.17) is 0 Å². The van der Waals surface area contributed by atoms with Crippen molar-refractivity contribution < 1.29 is 21.6 Å². The van der Waals surface area contributed by atoms with E-state index in [-0.39, 0.29) is 10.8 Å². The number of rotatable bonds is 7. The van der Waals surface area contributed by atoms with E-state index in [1.807, 2.05) is 0 Å². The number of nitrogens with zero attached hydrogens (tertiary/aromatic N) is 3. The number of sulfonamides is 1. The zero-order chi connectivity index (χ0) is 23.5. The molecule has 0 aromatic heterocycles. The van der Waals surface area contributed by atoms with Crippen LogP contribution in [0.1, 0.15) is 29.6 Å². The van der Waals surface area contributed by atoms with Crippen LogP contribution in [-0.2, 0) is 20.2 Å². The molecule has 0 aliphatic carbocycles. The molecule has 1 aliphatic rings. The van der Waals surface area contributed by atoms with Crippen molar-refractivity contribution in [2.24, 2.45) is 0 Å². The molecule has 0 radical (unpaired) electrons. The Morgan fingerprint density at radius 1 is 0.844 bits per heavy atom. The molecule has 2 aromatic rings. The zero-order valence-electron chi connectivity index (χ0n) is 18.4. The number of benzene rings is 2. The number of nitrogens with one attached hydrogen (secondary N) is 1. The Bertz CT molecular complexity index is 1160. The van der Waals surface area contributed by atoms with Crippen LogP contribution in [0, 0.1) is 0 Å². The normalized spacial score (nSPS) is 15.5. The smallest absolute Gasteiger partial charge is 0.303 e. The van der Waals surface area contributed by atoms with Crippen LogP contribution in [0.3, 0.4) is 0 Å². The van der Waals surface area contributed by atoms with Crippen LogP contribution in [0.2, 0.25) is 0 Å². The van der Waals surface area contributed by atoms with Crippen molar-refractivity contribution in [3.05, 3.63) is 54.1 Å². The first kappa shape index (κ1) is 24.2. The summed E-state index contributed by atoms with van der Waals surface area (Å²) >= 11 is 0. The van der Waals surface area contributed by atoms with Gasteiger partial charge in [0, 0.05) is 45.5 Å². The topological polar surface area (TPSA) is 107 Å². The van der Waals surface area contributed by atoms with Gasteiger partial charge >= 0.3 is 10.2 Å². The molecule has 0 spiro atoms. The summed E-state index contributed by atoms with van der Waals surface area (Å²) in [6, 6.07) is 12.2. The maximum absolute atomic E-state index is 12.7. The SMILES string of the molecule is CN(C)S(=O)(=O)N(C)c1ccc(C(=O)Nc2ccc(S(=O)(=O)N3CCCCC3)cc2)cc1. The highest BCUT2D eigenvalue weighted by Gasteiger charge is 2.26. The summed E-state index contributed by atoms with van der Waals surface area (Å²) < 4.78 is 53.6. The van der Waals surface area contributed by atoms with E-state index in [1.54, 1.807) is 24.3 Å². The van der Waals surface area contributed by atoms with Gasteiger partial charge in [-0.25, -0.2) is 8.42 Å². The third-order valence-electron chi connectivity index (χ3n) is 5.37. The summed E-state index contributed by atoms with van der Waals surface area (Å²) in [6.07, 6.45) is 2.77. The molecule has 174 valence electrons. The highest BCUT2D eigenvalue weighted by molar-refractivity contribution is 7.90. The van der Waals surface area contributed by atoms with Gasteiger partial charge in [0.25, 0.3) is 5.91 Å². The van der Waals surface area contributed by atoms with Crippen LogP contribution in [0.5, 0.6) is 0 Å². The highest BCUT2D eigenvalue weighted by Crippen LogP contribution is 2.23. The lowest BCUT2D eigenvalue weighted by Gasteiger charge is -2.25. The lowest BCUT2D eigenvalue weighted by Crippen LogP contribution is -2.37. The van der Waals surface area contributed by atoms with Gasteiger partial charge < -0.3 is 5.32 Å². The van der Waals surface area contributed by atoms with E-state index >= 15 is 0 Å². The third-order valence-corrected chi connectivity index (χ3v) is 9.10. The number of amides is 1. The lowest BCUT2D eigenvalue weighted by molar-refractivity contribution is 0.102. The van der Waals surface area contributed by atoms with Crippen LogP contribution in [-0.4, -0.2) is 65.6 Å². The number of carbonyl (C=O) groups is 1. The molecule has 0 unspecified atom stereocenters. The van der Waals surface area contributed by atoms with Crippen LogP contribution in [0.4, 0.5) is 11.4 Å². The number of anilines is 2. The third kappa shape index (κ3) is 5.12. The van der Waals surface area contributed by atoms with Gasteiger partial charge in [-0.05, 0) is 61.4 Å². The van der Waals surface area contributed by atoms with Crippen molar-refractivity contribution in [1.82, 2.24) is 8.61 Å². The van der Waals surface area contributed by atoms with Crippen LogP contribution in [0.25, 0.3) is 0 Å². The lowest BCUT2D eigenvalue weighted by atomic mass is 10.2. The largest absolute Gasteiger partial charge is 0.322 e. The summed E-state index contributed by atoms with van der Waals surface area (Å²) in [5, 5.41) is 2.73. The van der Waals surface area contributed by atoms with E-state index < -0.39 is 20.2 Å². The molecule has 1 heterocycles. The Kier molecular flexibility index (Phi) is 7.23. The predicted octanol–water partition coefficient (Wildman–Crippen LogP) is 2.36. The molecule has 2 aromatic carbocycles. The molecule has 1 N–H and O–H groups in total. The van der Waals surface area contributed by atoms with Crippen LogP contribution >= 0.6 is 0 Å². The van der Waals surface area contributed by atoms with E-state index in [1.165, 1.54) is 49.7 Å². The molecular weight excluding hydrogens is 452 g/mol. The Balaban J connectivity index is 1.68. The first-order valence-electron chi connectivity index (χ1n) is 10.2. The van der Waals surface area contributed by atoms with E-state index in [0.717, 1.165) is 27.9 Å². The van der Waals surface area contributed by atoms with Gasteiger partial charge in [-0.15, -0.1) is 0 Å². The second kappa shape index (κ2) is 9.57. The Morgan fingerprint density at radius 3 is 1.94 bits per heavy atom. The van der Waals surface area contributed by atoms with Crippen molar-refractivity contribution in [1.29, 1.82) is 0 Å². The monoisotopic (exact) mass is 480 g/mol. The number of piperidine rings is 1. The Morgan fingerprint density at radius 2 is 1.41 bits per heavy atom. The predicted molar refractivity (Wildman–Crippen MR) is 124 cm³/mol. The number of carbonyl (C=O) groups excluding carboxylic acids is 1. The van der Waals surface area contributed by atoms with E-state index in [2.05, 4.69) is 5.32 Å². The number of hydrogen-bond donors (Lipinski definition) is 1. The molecule has 3 rings (SSSR count). The molecule has 1 aliphatic heterocycles. The summed E-state index contributed by atoms with van der Waals surface area (Å²) in [5.74, 6) is -0.388. The van der Waals surface area contributed by atoms with Gasteiger partial charge in [0.15, 0.2) is 0 Å². The quantitative estimate of drug-likeness (QED) is 0.655. The minimum absolute atomic E-state index is 0.201. The Hall–Kier alpha value is -2.47. The average molecular weight is 481 g/mol.